The molecule has 2 aromatic carbocycles. The van der Waals surface area contributed by atoms with Crippen LogP contribution in [0.5, 0.6) is 5.75 Å². The van der Waals surface area contributed by atoms with Crippen molar-refractivity contribution in [2.45, 2.75) is 12.9 Å². The Morgan fingerprint density at radius 1 is 1.16 bits per heavy atom. The first kappa shape index (κ1) is 22.5. The van der Waals surface area contributed by atoms with Gasteiger partial charge in [0.2, 0.25) is 5.96 Å². The lowest BCUT2D eigenvalue weighted by Crippen LogP contribution is -2.20. The van der Waals surface area contributed by atoms with Gasteiger partial charge in [-0.05, 0) is 30.3 Å². The van der Waals surface area contributed by atoms with Crippen LogP contribution in [0.3, 0.4) is 0 Å². The molecule has 3 rings (SSSR count). The number of aromatic nitrogens is 2. The van der Waals surface area contributed by atoms with Crippen LogP contribution in [0.1, 0.15) is 21.6 Å². The minimum Gasteiger partial charge on any atom is -0.406 e. The molecule has 1 aromatic heterocycles. The van der Waals surface area contributed by atoms with Crippen molar-refractivity contribution in [1.29, 1.82) is 0 Å². The maximum absolute atomic E-state index is 12.4. The third-order valence-electron chi connectivity index (χ3n) is 4.23. The molecule has 0 unspecified atom stereocenters. The van der Waals surface area contributed by atoms with Gasteiger partial charge in [-0.25, -0.2) is 4.99 Å². The SMILES string of the molecule is Cn1nccc1CN=C(N=C(N)c1ccc(C=O)cc1)Nc1ccc(OC(F)(F)F)cc1. The summed E-state index contributed by atoms with van der Waals surface area (Å²) < 4.78 is 42.6. The van der Waals surface area contributed by atoms with Crippen molar-refractivity contribution in [1.82, 2.24) is 9.78 Å². The Bertz CT molecular complexity index is 1120. The van der Waals surface area contributed by atoms with Gasteiger partial charge in [0.05, 0.1) is 12.2 Å². The summed E-state index contributed by atoms with van der Waals surface area (Å²) >= 11 is 0. The lowest BCUT2D eigenvalue weighted by atomic mass is 10.1. The molecule has 3 N–H and O–H groups in total. The number of rotatable bonds is 6. The molecular formula is C21H19F3N6O2. The summed E-state index contributed by atoms with van der Waals surface area (Å²) in [4.78, 5) is 19.6. The fourth-order valence-corrected chi connectivity index (χ4v) is 2.60. The van der Waals surface area contributed by atoms with E-state index in [0.29, 0.717) is 23.1 Å². The summed E-state index contributed by atoms with van der Waals surface area (Å²) in [6, 6.07) is 13.4. The number of nitrogens with zero attached hydrogens (tertiary/aromatic N) is 4. The number of aryl methyl sites for hydroxylation is 1. The van der Waals surface area contributed by atoms with E-state index in [1.165, 1.54) is 24.3 Å². The Morgan fingerprint density at radius 2 is 1.84 bits per heavy atom. The Morgan fingerprint density at radius 3 is 2.41 bits per heavy atom. The number of carbonyl (C=O) groups is 1. The van der Waals surface area contributed by atoms with Crippen LogP contribution in [0.15, 0.2) is 70.8 Å². The number of nitrogens with two attached hydrogens (primary N) is 1. The van der Waals surface area contributed by atoms with E-state index in [9.17, 15) is 18.0 Å². The molecule has 0 fully saturated rings. The van der Waals surface area contributed by atoms with E-state index in [-0.39, 0.29) is 24.1 Å². The van der Waals surface area contributed by atoms with Crippen molar-refractivity contribution >= 4 is 23.8 Å². The van der Waals surface area contributed by atoms with E-state index in [1.54, 1.807) is 48.3 Å². The quantitative estimate of drug-likeness (QED) is 0.344. The fourth-order valence-electron chi connectivity index (χ4n) is 2.60. The monoisotopic (exact) mass is 444 g/mol. The van der Waals surface area contributed by atoms with E-state index in [1.807, 2.05) is 0 Å². The average molecular weight is 444 g/mol. The summed E-state index contributed by atoms with van der Waals surface area (Å²) in [6.07, 6.45) is -2.43. The van der Waals surface area contributed by atoms with Crippen LogP contribution >= 0.6 is 0 Å². The Balaban J connectivity index is 1.84. The van der Waals surface area contributed by atoms with Crippen molar-refractivity contribution < 1.29 is 22.7 Å². The predicted octanol–water partition coefficient (Wildman–Crippen LogP) is 3.50. The highest BCUT2D eigenvalue weighted by Gasteiger charge is 2.30. The number of benzene rings is 2. The molecule has 32 heavy (non-hydrogen) atoms. The number of nitrogens with one attached hydrogen (secondary N) is 1. The zero-order chi connectivity index (χ0) is 23.1. The molecule has 0 bridgehead atoms. The molecule has 0 amide bonds. The molecule has 0 atom stereocenters. The first-order chi connectivity index (χ1) is 15.2. The van der Waals surface area contributed by atoms with E-state index >= 15 is 0 Å². The van der Waals surface area contributed by atoms with Crippen LogP contribution in [0.25, 0.3) is 0 Å². The van der Waals surface area contributed by atoms with Crippen LogP contribution in [-0.2, 0) is 13.6 Å². The van der Waals surface area contributed by atoms with Crippen LogP contribution < -0.4 is 15.8 Å². The maximum Gasteiger partial charge on any atom is 0.573 e. The Hall–Kier alpha value is -4.15. The predicted molar refractivity (Wildman–Crippen MR) is 114 cm³/mol. The summed E-state index contributed by atoms with van der Waals surface area (Å²) in [5.41, 5.74) is 8.39. The van der Waals surface area contributed by atoms with E-state index < -0.39 is 6.36 Å². The number of hydrogen-bond donors (Lipinski definition) is 2. The molecule has 0 saturated carbocycles. The van der Waals surface area contributed by atoms with Gasteiger partial charge in [-0.3, -0.25) is 9.48 Å². The molecule has 0 spiro atoms. The van der Waals surface area contributed by atoms with Gasteiger partial charge in [0, 0.05) is 30.1 Å². The number of halogens is 3. The smallest absolute Gasteiger partial charge is 0.406 e. The molecule has 0 radical (unpaired) electrons. The highest BCUT2D eigenvalue weighted by Crippen LogP contribution is 2.24. The number of aldehydes is 1. The number of alkyl halides is 3. The molecule has 166 valence electrons. The highest BCUT2D eigenvalue weighted by molar-refractivity contribution is 6.08. The Kier molecular flexibility index (Phi) is 6.88. The fraction of sp³-hybridized carbons (Fsp3) is 0.143. The summed E-state index contributed by atoms with van der Waals surface area (Å²) in [6.45, 7) is 0.231. The van der Waals surface area contributed by atoms with Gasteiger partial charge in [0.15, 0.2) is 0 Å². The molecule has 11 heteroatoms. The Labute approximate surface area is 181 Å². The van der Waals surface area contributed by atoms with Gasteiger partial charge in [-0.1, -0.05) is 24.3 Å². The lowest BCUT2D eigenvalue weighted by Gasteiger charge is -2.11. The van der Waals surface area contributed by atoms with E-state index in [0.717, 1.165) is 5.69 Å². The van der Waals surface area contributed by atoms with Crippen molar-refractivity contribution in [2.75, 3.05) is 5.32 Å². The molecule has 0 saturated heterocycles. The number of hydrogen-bond acceptors (Lipinski definition) is 4. The minimum atomic E-state index is -4.77. The number of amidine groups is 1. The third kappa shape index (κ3) is 6.42. The first-order valence-electron chi connectivity index (χ1n) is 9.27. The maximum atomic E-state index is 12.4. The molecule has 1 heterocycles. The summed E-state index contributed by atoms with van der Waals surface area (Å²) in [7, 11) is 1.77. The molecule has 0 aliphatic rings. The van der Waals surface area contributed by atoms with Crippen molar-refractivity contribution in [3.05, 3.63) is 77.6 Å². The van der Waals surface area contributed by atoms with Gasteiger partial charge in [-0.2, -0.15) is 10.1 Å². The topological polar surface area (TPSA) is 107 Å². The zero-order valence-corrected chi connectivity index (χ0v) is 16.9. The molecule has 3 aromatic rings. The van der Waals surface area contributed by atoms with Gasteiger partial charge in [-0.15, -0.1) is 13.2 Å². The van der Waals surface area contributed by atoms with Gasteiger partial charge in [0.25, 0.3) is 0 Å². The van der Waals surface area contributed by atoms with Crippen LogP contribution in [0, 0.1) is 0 Å². The number of anilines is 1. The van der Waals surface area contributed by atoms with Gasteiger partial charge in [0.1, 0.15) is 17.9 Å². The first-order valence-corrected chi connectivity index (χ1v) is 9.27. The molecule has 8 nitrogen and oxygen atoms in total. The molecule has 0 aliphatic heterocycles. The van der Waals surface area contributed by atoms with E-state index in [4.69, 9.17) is 5.73 Å². The van der Waals surface area contributed by atoms with Gasteiger partial charge < -0.3 is 15.8 Å². The minimum absolute atomic E-state index is 0.132. The van der Waals surface area contributed by atoms with Gasteiger partial charge >= 0.3 is 6.36 Å². The standard InChI is InChI=1S/C21H19F3N6O2/c1-30-17(10-11-27-30)12-26-20(29-19(25)15-4-2-14(13-31)3-5-15)28-16-6-8-18(9-7-16)32-21(22,23)24/h2-11,13H,12H2,1H3,(H3,25,26,28,29). The average Bonchev–Trinajstić information content (AvgIpc) is 3.17. The second-order valence-corrected chi connectivity index (χ2v) is 6.52. The summed E-state index contributed by atoms with van der Waals surface area (Å²) in [5, 5.41) is 7.01. The normalized spacial score (nSPS) is 12.5. The molecule has 0 aliphatic carbocycles. The lowest BCUT2D eigenvalue weighted by molar-refractivity contribution is -0.274. The van der Waals surface area contributed by atoms with Crippen LogP contribution in [0.4, 0.5) is 18.9 Å². The van der Waals surface area contributed by atoms with Crippen molar-refractivity contribution in [3.8, 4) is 5.75 Å². The third-order valence-corrected chi connectivity index (χ3v) is 4.23. The number of guanidine groups is 1. The number of carbonyl (C=O) groups excluding carboxylic acids is 1. The number of ether oxygens (including phenoxy) is 1. The van der Waals surface area contributed by atoms with Crippen molar-refractivity contribution in [3.63, 3.8) is 0 Å². The largest absolute Gasteiger partial charge is 0.573 e. The molecular weight excluding hydrogens is 425 g/mol. The van der Waals surface area contributed by atoms with Crippen LogP contribution in [-0.4, -0.2) is 34.2 Å². The van der Waals surface area contributed by atoms with Crippen LogP contribution in [0.2, 0.25) is 0 Å². The zero-order valence-electron chi connectivity index (χ0n) is 16.9. The van der Waals surface area contributed by atoms with Crippen molar-refractivity contribution in [2.24, 2.45) is 22.8 Å². The highest BCUT2D eigenvalue weighted by atomic mass is 19.4. The van der Waals surface area contributed by atoms with E-state index in [2.05, 4.69) is 25.1 Å². The summed E-state index contributed by atoms with van der Waals surface area (Å²) in [5.74, 6) is -0.0851. The second kappa shape index (κ2) is 9.77. The number of aliphatic imine (C=N–C) groups is 2. The second-order valence-electron chi connectivity index (χ2n) is 6.52.